The number of carbonyl (C=O) groups excluding carboxylic acids is 2. The van der Waals surface area contributed by atoms with Gasteiger partial charge < -0.3 is 15.5 Å². The van der Waals surface area contributed by atoms with E-state index in [0.29, 0.717) is 25.4 Å². The number of nitriles is 1. The molecule has 0 radical (unpaired) electrons. The molecule has 2 N–H and O–H groups in total. The van der Waals surface area contributed by atoms with Crippen molar-refractivity contribution in [2.75, 3.05) is 19.6 Å². The van der Waals surface area contributed by atoms with Gasteiger partial charge in [0, 0.05) is 30.6 Å². The van der Waals surface area contributed by atoms with E-state index in [1.165, 1.54) is 11.1 Å². The fourth-order valence-corrected chi connectivity index (χ4v) is 6.36. The van der Waals surface area contributed by atoms with Crippen LogP contribution in [-0.4, -0.2) is 70.3 Å². The van der Waals surface area contributed by atoms with Crippen LogP contribution in [0.5, 0.6) is 0 Å². The van der Waals surface area contributed by atoms with Crippen molar-refractivity contribution in [1.29, 1.82) is 5.26 Å². The molecule has 0 saturated carbocycles. The summed E-state index contributed by atoms with van der Waals surface area (Å²) in [6.07, 6.45) is 3.45. The lowest BCUT2D eigenvalue weighted by Crippen LogP contribution is -2.56. The van der Waals surface area contributed by atoms with Gasteiger partial charge in [0.25, 0.3) is 0 Å². The molecule has 164 valence electrons. The Balaban J connectivity index is 1.25. The third-order valence-electron chi connectivity index (χ3n) is 7.51. The number of amides is 2. The number of aryl methyl sites for hydroxylation is 1. The molecule has 4 aliphatic rings. The highest BCUT2D eigenvalue weighted by atomic mass is 32.1. The first-order chi connectivity index (χ1) is 14.9. The van der Waals surface area contributed by atoms with Gasteiger partial charge in [-0.2, -0.15) is 5.26 Å². The van der Waals surface area contributed by atoms with Crippen molar-refractivity contribution in [3.63, 3.8) is 0 Å². The predicted molar refractivity (Wildman–Crippen MR) is 118 cm³/mol. The molecule has 3 fully saturated rings. The van der Waals surface area contributed by atoms with E-state index in [1.807, 2.05) is 13.0 Å². The SMILES string of the molecule is CC1CC(C#N)N(C(=O)C(N)CN2C[C@@H]3CC2C(=O)N3C2CCc3cc(S)ccc32)C1. The maximum Gasteiger partial charge on any atom is 0.241 e. The Labute approximate surface area is 188 Å². The van der Waals surface area contributed by atoms with E-state index in [0.717, 1.165) is 30.7 Å². The van der Waals surface area contributed by atoms with Crippen molar-refractivity contribution < 1.29 is 9.59 Å². The fraction of sp³-hybridized carbons (Fsp3) is 0.609. The van der Waals surface area contributed by atoms with E-state index in [-0.39, 0.29) is 36.0 Å². The van der Waals surface area contributed by atoms with Gasteiger partial charge in [-0.15, -0.1) is 12.6 Å². The monoisotopic (exact) mass is 439 g/mol. The molecule has 8 heteroatoms. The topological polar surface area (TPSA) is 93.7 Å². The molecule has 2 amide bonds. The van der Waals surface area contributed by atoms with Crippen molar-refractivity contribution in [2.24, 2.45) is 11.7 Å². The summed E-state index contributed by atoms with van der Waals surface area (Å²) in [7, 11) is 0. The highest BCUT2D eigenvalue weighted by molar-refractivity contribution is 7.80. The molecule has 3 heterocycles. The van der Waals surface area contributed by atoms with Crippen LogP contribution in [0.2, 0.25) is 0 Å². The average Bonchev–Trinajstić information content (AvgIpc) is 3.49. The molecule has 2 bridgehead atoms. The van der Waals surface area contributed by atoms with Crippen LogP contribution in [0.3, 0.4) is 0 Å². The van der Waals surface area contributed by atoms with Crippen LogP contribution >= 0.6 is 12.6 Å². The Morgan fingerprint density at radius 3 is 2.87 bits per heavy atom. The molecule has 31 heavy (non-hydrogen) atoms. The standard InChI is InChI=1S/C23H29N5O2S/c1-13-6-15(9-24)27(10-13)22(29)19(25)12-26-11-16-8-21(26)23(30)28(16)20-5-2-14-7-17(31)3-4-18(14)20/h3-4,7,13,15-16,19-21,31H,2,5-6,8,10-12,25H2,1H3/t13?,15?,16-,19?,20?,21?/m0/s1. The third kappa shape index (κ3) is 3.43. The van der Waals surface area contributed by atoms with Crippen molar-refractivity contribution in [2.45, 2.75) is 67.7 Å². The van der Waals surface area contributed by atoms with Crippen molar-refractivity contribution in [3.05, 3.63) is 29.3 Å². The lowest BCUT2D eigenvalue weighted by Gasteiger charge is -2.38. The molecule has 0 aromatic heterocycles. The summed E-state index contributed by atoms with van der Waals surface area (Å²) in [6, 6.07) is 7.49. The number of fused-ring (bicyclic) bond motifs is 3. The number of hydrogen-bond acceptors (Lipinski definition) is 6. The molecule has 1 aromatic rings. The van der Waals surface area contributed by atoms with Crippen LogP contribution < -0.4 is 5.73 Å². The molecular formula is C23H29N5O2S. The number of thiol groups is 1. The molecule has 7 nitrogen and oxygen atoms in total. The molecule has 5 unspecified atom stereocenters. The largest absolute Gasteiger partial charge is 0.330 e. The van der Waals surface area contributed by atoms with E-state index in [2.05, 4.69) is 40.6 Å². The first-order valence-corrected chi connectivity index (χ1v) is 11.7. The Bertz CT molecular complexity index is 962. The molecule has 5 rings (SSSR count). The second kappa shape index (κ2) is 7.80. The van der Waals surface area contributed by atoms with E-state index >= 15 is 0 Å². The minimum absolute atomic E-state index is 0.145. The van der Waals surface area contributed by atoms with Gasteiger partial charge in [-0.3, -0.25) is 14.5 Å². The van der Waals surface area contributed by atoms with Crippen molar-refractivity contribution in [3.8, 4) is 6.07 Å². The first kappa shape index (κ1) is 20.8. The summed E-state index contributed by atoms with van der Waals surface area (Å²) in [6.45, 7) is 3.76. The lowest BCUT2D eigenvalue weighted by molar-refractivity contribution is -0.141. The predicted octanol–water partition coefficient (Wildman–Crippen LogP) is 1.34. The summed E-state index contributed by atoms with van der Waals surface area (Å²) < 4.78 is 0. The summed E-state index contributed by atoms with van der Waals surface area (Å²) in [5.41, 5.74) is 8.82. The first-order valence-electron chi connectivity index (χ1n) is 11.2. The van der Waals surface area contributed by atoms with Crippen LogP contribution in [0.25, 0.3) is 0 Å². The van der Waals surface area contributed by atoms with Gasteiger partial charge >= 0.3 is 0 Å². The van der Waals surface area contributed by atoms with Gasteiger partial charge in [-0.05, 0) is 54.9 Å². The quantitative estimate of drug-likeness (QED) is 0.691. The van der Waals surface area contributed by atoms with Crippen LogP contribution in [0.4, 0.5) is 0 Å². The zero-order valence-corrected chi connectivity index (χ0v) is 18.7. The van der Waals surface area contributed by atoms with Crippen LogP contribution in [0.15, 0.2) is 23.1 Å². The Hall–Kier alpha value is -2.08. The van der Waals surface area contributed by atoms with Crippen molar-refractivity contribution in [1.82, 2.24) is 14.7 Å². The van der Waals surface area contributed by atoms with Gasteiger partial charge in [-0.1, -0.05) is 13.0 Å². The third-order valence-corrected chi connectivity index (χ3v) is 7.79. The van der Waals surface area contributed by atoms with Gasteiger partial charge in [0.1, 0.15) is 6.04 Å². The highest BCUT2D eigenvalue weighted by Crippen LogP contribution is 2.44. The molecule has 6 atom stereocenters. The van der Waals surface area contributed by atoms with E-state index in [9.17, 15) is 14.9 Å². The van der Waals surface area contributed by atoms with Crippen LogP contribution in [-0.2, 0) is 16.0 Å². The number of benzene rings is 1. The maximum absolute atomic E-state index is 13.3. The molecular weight excluding hydrogens is 410 g/mol. The molecule has 0 spiro atoms. The number of piperazine rings is 1. The number of rotatable bonds is 4. The second-order valence-electron chi connectivity index (χ2n) is 9.63. The van der Waals surface area contributed by atoms with Gasteiger partial charge in [-0.25, -0.2) is 0 Å². The second-order valence-corrected chi connectivity index (χ2v) is 10.1. The number of hydrogen-bond donors (Lipinski definition) is 2. The fourth-order valence-electron chi connectivity index (χ4n) is 6.13. The molecule has 1 aromatic carbocycles. The van der Waals surface area contributed by atoms with Crippen LogP contribution in [0, 0.1) is 17.2 Å². The summed E-state index contributed by atoms with van der Waals surface area (Å²) >= 11 is 4.44. The normalized spacial score (nSPS) is 33.1. The van der Waals surface area contributed by atoms with E-state index in [4.69, 9.17) is 5.73 Å². The molecule has 3 saturated heterocycles. The Kier molecular flexibility index (Phi) is 5.24. The number of likely N-dealkylation sites (tertiary alicyclic amines) is 3. The smallest absolute Gasteiger partial charge is 0.241 e. The highest BCUT2D eigenvalue weighted by Gasteiger charge is 2.53. The summed E-state index contributed by atoms with van der Waals surface area (Å²) in [5.74, 6) is 0.301. The summed E-state index contributed by atoms with van der Waals surface area (Å²) in [5, 5.41) is 9.36. The number of nitrogens with zero attached hydrogens (tertiary/aromatic N) is 4. The zero-order valence-electron chi connectivity index (χ0n) is 17.8. The van der Waals surface area contributed by atoms with Crippen LogP contribution in [0.1, 0.15) is 43.4 Å². The van der Waals surface area contributed by atoms with E-state index in [1.54, 1.807) is 4.90 Å². The Morgan fingerprint density at radius 1 is 1.32 bits per heavy atom. The molecule has 1 aliphatic carbocycles. The maximum atomic E-state index is 13.3. The van der Waals surface area contributed by atoms with E-state index < -0.39 is 6.04 Å². The lowest BCUT2D eigenvalue weighted by atomic mass is 10.1. The average molecular weight is 440 g/mol. The summed E-state index contributed by atoms with van der Waals surface area (Å²) in [4.78, 5) is 32.9. The minimum Gasteiger partial charge on any atom is -0.330 e. The van der Waals surface area contributed by atoms with Gasteiger partial charge in [0.2, 0.25) is 11.8 Å². The van der Waals surface area contributed by atoms with Gasteiger partial charge in [0.15, 0.2) is 0 Å². The molecule has 3 aliphatic heterocycles. The Morgan fingerprint density at radius 2 is 2.13 bits per heavy atom. The van der Waals surface area contributed by atoms with Gasteiger partial charge in [0.05, 0.1) is 24.2 Å². The van der Waals surface area contributed by atoms with Crippen molar-refractivity contribution >= 4 is 24.4 Å². The number of nitrogens with two attached hydrogens (primary N) is 1. The zero-order chi connectivity index (χ0) is 21.9. The minimum atomic E-state index is -0.706. The number of carbonyl (C=O) groups is 2.